The zero-order chi connectivity index (χ0) is 15.7. The molecule has 0 atom stereocenters. The lowest BCUT2D eigenvalue weighted by molar-refractivity contribution is 0.0985. The molecule has 1 aromatic carbocycles. The monoisotopic (exact) mass is 276 g/mol. The van der Waals surface area contributed by atoms with Crippen LogP contribution in [0.3, 0.4) is 0 Å². The lowest BCUT2D eigenvalue weighted by atomic mass is 9.76. The molecular formula is C18H28O2. The summed E-state index contributed by atoms with van der Waals surface area (Å²) < 4.78 is 5.71. The van der Waals surface area contributed by atoms with Crippen molar-refractivity contribution in [2.45, 2.75) is 65.7 Å². The average Bonchev–Trinajstić information content (AvgIpc) is 2.33. The molecule has 0 bridgehead atoms. The van der Waals surface area contributed by atoms with Crippen LogP contribution in [0.1, 0.15) is 76.4 Å². The highest BCUT2D eigenvalue weighted by Crippen LogP contribution is 2.41. The minimum atomic E-state index is -0.132. The Bertz CT molecular complexity index is 499. The molecule has 0 fully saturated rings. The van der Waals surface area contributed by atoms with Gasteiger partial charge in [0.15, 0.2) is 5.78 Å². The third-order valence-electron chi connectivity index (χ3n) is 3.54. The summed E-state index contributed by atoms with van der Waals surface area (Å²) in [6.45, 7) is 14.8. The van der Waals surface area contributed by atoms with Crippen LogP contribution in [0.15, 0.2) is 12.1 Å². The van der Waals surface area contributed by atoms with E-state index in [0.717, 1.165) is 22.4 Å². The summed E-state index contributed by atoms with van der Waals surface area (Å²) in [6, 6.07) is 4.01. The van der Waals surface area contributed by atoms with Crippen molar-refractivity contribution in [2.75, 3.05) is 7.11 Å². The normalized spacial score (nSPS) is 12.4. The topological polar surface area (TPSA) is 26.3 Å². The summed E-state index contributed by atoms with van der Waals surface area (Å²) in [6.07, 6.45) is 0.515. The van der Waals surface area contributed by atoms with E-state index < -0.39 is 0 Å². The number of methoxy groups -OCH3 is 1. The molecule has 0 aromatic heterocycles. The zero-order valence-electron chi connectivity index (χ0n) is 14.2. The summed E-state index contributed by atoms with van der Waals surface area (Å²) in [5.41, 5.74) is 2.83. The highest BCUT2D eigenvalue weighted by atomic mass is 16.5. The van der Waals surface area contributed by atoms with Gasteiger partial charge in [-0.05, 0) is 16.4 Å². The van der Waals surface area contributed by atoms with Crippen molar-refractivity contribution in [1.82, 2.24) is 0 Å². The van der Waals surface area contributed by atoms with Gasteiger partial charge in [-0.3, -0.25) is 4.79 Å². The number of carbonyl (C=O) groups is 1. The fourth-order valence-corrected chi connectivity index (χ4v) is 2.55. The largest absolute Gasteiger partial charge is 0.496 e. The molecule has 0 saturated carbocycles. The Balaban J connectivity index is 3.74. The van der Waals surface area contributed by atoms with Gasteiger partial charge in [0.05, 0.1) is 7.11 Å². The molecule has 0 N–H and O–H groups in total. The third-order valence-corrected chi connectivity index (χ3v) is 3.54. The predicted molar refractivity (Wildman–Crippen MR) is 85.0 cm³/mol. The molecule has 1 rings (SSSR count). The number of Topliss-reactive ketones (excluding diaryl/α,β-unsaturated/α-hetero) is 1. The molecule has 1 aromatic rings. The Kier molecular flexibility index (Phi) is 4.68. The zero-order valence-corrected chi connectivity index (χ0v) is 14.2. The number of hydrogen-bond acceptors (Lipinski definition) is 2. The van der Waals surface area contributed by atoms with Crippen LogP contribution < -0.4 is 4.74 Å². The van der Waals surface area contributed by atoms with Crippen molar-refractivity contribution in [1.29, 1.82) is 0 Å². The van der Waals surface area contributed by atoms with E-state index >= 15 is 0 Å². The lowest BCUT2D eigenvalue weighted by Gasteiger charge is -2.30. The number of carbonyl (C=O) groups excluding carboxylic acids is 1. The number of hydrogen-bond donors (Lipinski definition) is 0. The smallest absolute Gasteiger partial charge is 0.163 e. The minimum Gasteiger partial charge on any atom is -0.496 e. The summed E-state index contributed by atoms with van der Waals surface area (Å²) in [5.74, 6) is 1.04. The highest BCUT2D eigenvalue weighted by molar-refractivity contribution is 5.98. The first-order chi connectivity index (χ1) is 9.04. The minimum absolute atomic E-state index is 0.0147. The quantitative estimate of drug-likeness (QED) is 0.735. The Morgan fingerprint density at radius 1 is 1.05 bits per heavy atom. The van der Waals surface area contributed by atoms with Gasteiger partial charge in [-0.2, -0.15) is 0 Å². The van der Waals surface area contributed by atoms with Crippen molar-refractivity contribution in [3.05, 3.63) is 28.8 Å². The van der Waals surface area contributed by atoms with Crippen LogP contribution in [-0.2, 0) is 10.8 Å². The van der Waals surface area contributed by atoms with E-state index in [2.05, 4.69) is 41.5 Å². The van der Waals surface area contributed by atoms with E-state index in [1.54, 1.807) is 7.11 Å². The van der Waals surface area contributed by atoms with Gasteiger partial charge < -0.3 is 4.74 Å². The first-order valence-electron chi connectivity index (χ1n) is 7.29. The van der Waals surface area contributed by atoms with Crippen molar-refractivity contribution in [2.24, 2.45) is 0 Å². The maximum absolute atomic E-state index is 12.3. The van der Waals surface area contributed by atoms with Gasteiger partial charge in [0, 0.05) is 17.5 Å². The molecule has 20 heavy (non-hydrogen) atoms. The fourth-order valence-electron chi connectivity index (χ4n) is 2.55. The second-order valence-electron chi connectivity index (χ2n) is 7.35. The molecule has 0 unspecified atom stereocenters. The van der Waals surface area contributed by atoms with Gasteiger partial charge in [-0.25, -0.2) is 0 Å². The van der Waals surface area contributed by atoms with E-state index in [-0.39, 0.29) is 16.6 Å². The average molecular weight is 276 g/mol. The Labute approximate surface area is 123 Å². The maximum Gasteiger partial charge on any atom is 0.163 e. The lowest BCUT2D eigenvalue weighted by Crippen LogP contribution is -2.22. The molecule has 0 spiro atoms. The Hall–Kier alpha value is -1.31. The van der Waals surface area contributed by atoms with Crippen LogP contribution in [0.25, 0.3) is 0 Å². The van der Waals surface area contributed by atoms with Crippen molar-refractivity contribution in [3.63, 3.8) is 0 Å². The molecule has 0 heterocycles. The van der Waals surface area contributed by atoms with E-state index in [1.807, 2.05) is 19.1 Å². The van der Waals surface area contributed by atoms with Crippen LogP contribution in [-0.4, -0.2) is 12.9 Å². The van der Waals surface area contributed by atoms with Gasteiger partial charge >= 0.3 is 0 Å². The molecule has 112 valence electrons. The van der Waals surface area contributed by atoms with Crippen molar-refractivity contribution in [3.8, 4) is 5.75 Å². The fraction of sp³-hybridized carbons (Fsp3) is 0.611. The van der Waals surface area contributed by atoms with E-state index in [0.29, 0.717) is 6.42 Å². The standard InChI is InChI=1S/C18H28O2/c1-9-14(19)12-10-11-13(17(2,3)4)16(20-8)15(12)18(5,6)7/h10-11H,9H2,1-8H3. The first kappa shape index (κ1) is 16.7. The number of rotatable bonds is 3. The summed E-state index contributed by atoms with van der Waals surface area (Å²) in [7, 11) is 1.69. The molecular weight excluding hydrogens is 248 g/mol. The highest BCUT2D eigenvalue weighted by Gasteiger charge is 2.30. The molecule has 0 aliphatic heterocycles. The number of benzene rings is 1. The van der Waals surface area contributed by atoms with Crippen molar-refractivity contribution < 1.29 is 9.53 Å². The van der Waals surface area contributed by atoms with Crippen LogP contribution in [0.4, 0.5) is 0 Å². The summed E-state index contributed by atoms with van der Waals surface area (Å²) in [4.78, 5) is 12.3. The Morgan fingerprint density at radius 2 is 1.60 bits per heavy atom. The van der Waals surface area contributed by atoms with Crippen LogP contribution in [0.2, 0.25) is 0 Å². The van der Waals surface area contributed by atoms with Crippen LogP contribution >= 0.6 is 0 Å². The molecule has 0 saturated heterocycles. The molecule has 0 radical (unpaired) electrons. The summed E-state index contributed by atoms with van der Waals surface area (Å²) >= 11 is 0. The first-order valence-corrected chi connectivity index (χ1v) is 7.29. The predicted octanol–water partition coefficient (Wildman–Crippen LogP) is 4.88. The van der Waals surface area contributed by atoms with Gasteiger partial charge in [-0.1, -0.05) is 60.6 Å². The summed E-state index contributed by atoms with van der Waals surface area (Å²) in [5, 5.41) is 0. The molecule has 2 heteroatoms. The van der Waals surface area contributed by atoms with E-state index in [1.165, 1.54) is 0 Å². The molecule has 0 amide bonds. The molecule has 0 aliphatic carbocycles. The molecule has 2 nitrogen and oxygen atoms in total. The maximum atomic E-state index is 12.3. The molecule has 0 aliphatic rings. The Morgan fingerprint density at radius 3 is 1.95 bits per heavy atom. The number of ketones is 1. The van der Waals surface area contributed by atoms with Crippen LogP contribution in [0, 0.1) is 0 Å². The SMILES string of the molecule is CCC(=O)c1ccc(C(C)(C)C)c(OC)c1C(C)(C)C. The van der Waals surface area contributed by atoms with E-state index in [9.17, 15) is 4.79 Å². The number of ether oxygens (including phenoxy) is 1. The van der Waals surface area contributed by atoms with E-state index in [4.69, 9.17) is 4.74 Å². The second-order valence-corrected chi connectivity index (χ2v) is 7.35. The van der Waals surface area contributed by atoms with Gasteiger partial charge in [0.25, 0.3) is 0 Å². The third kappa shape index (κ3) is 3.23. The van der Waals surface area contributed by atoms with Crippen LogP contribution in [0.5, 0.6) is 5.75 Å². The van der Waals surface area contributed by atoms with Gasteiger partial charge in [0.2, 0.25) is 0 Å². The van der Waals surface area contributed by atoms with Gasteiger partial charge in [-0.15, -0.1) is 0 Å². The van der Waals surface area contributed by atoms with Crippen molar-refractivity contribution >= 4 is 5.78 Å². The second kappa shape index (κ2) is 5.59. The van der Waals surface area contributed by atoms with Gasteiger partial charge in [0.1, 0.15) is 5.75 Å².